The zero-order chi connectivity index (χ0) is 15.3. The summed E-state index contributed by atoms with van der Waals surface area (Å²) in [7, 11) is -2.95. The maximum absolute atomic E-state index is 11.7. The lowest BCUT2D eigenvalue weighted by Gasteiger charge is -2.34. The van der Waals surface area contributed by atoms with E-state index in [9.17, 15) is 8.42 Å². The first-order valence-electron chi connectivity index (χ1n) is 6.95. The third kappa shape index (κ3) is 4.35. The lowest BCUT2D eigenvalue weighted by atomic mass is 9.79. The van der Waals surface area contributed by atoms with Crippen molar-refractivity contribution in [1.82, 2.24) is 0 Å². The summed E-state index contributed by atoms with van der Waals surface area (Å²) in [6.07, 6.45) is 0.621. The molecule has 1 fully saturated rings. The minimum absolute atomic E-state index is 0.0201. The molecule has 0 amide bonds. The second-order valence-corrected chi connectivity index (χ2v) is 8.47. The smallest absolute Gasteiger partial charge is 0.150 e. The molecule has 0 bridgehead atoms. The van der Waals surface area contributed by atoms with Crippen LogP contribution in [0.4, 0.5) is 0 Å². The molecule has 1 heterocycles. The Morgan fingerprint density at radius 2 is 1.86 bits per heavy atom. The summed E-state index contributed by atoms with van der Waals surface area (Å²) in [4.78, 5) is 0. The SMILES string of the molecule is O=S1(=O)CCC(C(CCl)(CCl)COCc2ccccc2)C1. The van der Waals surface area contributed by atoms with Gasteiger partial charge in [-0.1, -0.05) is 30.3 Å². The Labute approximate surface area is 136 Å². The van der Waals surface area contributed by atoms with Crippen molar-refractivity contribution >= 4 is 33.0 Å². The van der Waals surface area contributed by atoms with Crippen LogP contribution in [-0.2, 0) is 21.2 Å². The Kier molecular flexibility index (Phi) is 5.95. The predicted octanol–water partition coefficient (Wildman–Crippen LogP) is 3.10. The number of sulfone groups is 1. The van der Waals surface area contributed by atoms with E-state index >= 15 is 0 Å². The van der Waals surface area contributed by atoms with Crippen LogP contribution < -0.4 is 0 Å². The molecule has 1 aromatic carbocycles. The Morgan fingerprint density at radius 3 is 2.38 bits per heavy atom. The lowest BCUT2D eigenvalue weighted by Crippen LogP contribution is -2.40. The maximum atomic E-state index is 11.7. The lowest BCUT2D eigenvalue weighted by molar-refractivity contribution is 0.0294. The van der Waals surface area contributed by atoms with Crippen LogP contribution in [0, 0.1) is 11.3 Å². The summed E-state index contributed by atoms with van der Waals surface area (Å²) < 4.78 is 29.2. The van der Waals surface area contributed by atoms with E-state index in [1.165, 1.54) is 0 Å². The van der Waals surface area contributed by atoms with E-state index in [4.69, 9.17) is 27.9 Å². The molecule has 3 nitrogen and oxygen atoms in total. The largest absolute Gasteiger partial charge is 0.376 e. The minimum atomic E-state index is -2.95. The number of hydrogen-bond acceptors (Lipinski definition) is 3. The molecular weight excluding hydrogens is 331 g/mol. The van der Waals surface area contributed by atoms with Crippen molar-refractivity contribution in [2.75, 3.05) is 29.9 Å². The molecule has 1 saturated heterocycles. The zero-order valence-electron chi connectivity index (χ0n) is 11.8. The molecular formula is C15H20Cl2O3S. The van der Waals surface area contributed by atoms with Crippen molar-refractivity contribution in [3.8, 4) is 0 Å². The van der Waals surface area contributed by atoms with E-state index in [1.807, 2.05) is 30.3 Å². The van der Waals surface area contributed by atoms with Gasteiger partial charge in [0.1, 0.15) is 0 Å². The molecule has 0 aromatic heterocycles. The quantitative estimate of drug-likeness (QED) is 0.709. The molecule has 0 N–H and O–H groups in total. The van der Waals surface area contributed by atoms with E-state index in [-0.39, 0.29) is 17.4 Å². The van der Waals surface area contributed by atoms with Gasteiger partial charge in [-0.3, -0.25) is 0 Å². The summed E-state index contributed by atoms with van der Waals surface area (Å²) in [6, 6.07) is 9.85. The van der Waals surface area contributed by atoms with Crippen LogP contribution in [0.2, 0.25) is 0 Å². The van der Waals surface area contributed by atoms with Crippen molar-refractivity contribution in [3.05, 3.63) is 35.9 Å². The highest BCUT2D eigenvalue weighted by Crippen LogP contribution is 2.38. The number of rotatable bonds is 7. The van der Waals surface area contributed by atoms with Crippen LogP contribution in [0.15, 0.2) is 30.3 Å². The average Bonchev–Trinajstić information content (AvgIpc) is 2.86. The first-order valence-corrected chi connectivity index (χ1v) is 9.84. The molecule has 0 spiro atoms. The highest BCUT2D eigenvalue weighted by atomic mass is 35.5. The molecule has 21 heavy (non-hydrogen) atoms. The van der Waals surface area contributed by atoms with Gasteiger partial charge >= 0.3 is 0 Å². The Balaban J connectivity index is 1.98. The van der Waals surface area contributed by atoms with Gasteiger partial charge in [-0.2, -0.15) is 0 Å². The second-order valence-electron chi connectivity index (χ2n) is 5.71. The molecule has 1 aliphatic heterocycles. The summed E-state index contributed by atoms with van der Waals surface area (Å²) in [5, 5.41) is 0. The van der Waals surface area contributed by atoms with Gasteiger partial charge in [0, 0.05) is 17.2 Å². The first-order chi connectivity index (χ1) is 10.0. The number of benzene rings is 1. The van der Waals surface area contributed by atoms with Crippen LogP contribution >= 0.6 is 23.2 Å². The van der Waals surface area contributed by atoms with Crippen LogP contribution in [-0.4, -0.2) is 38.3 Å². The molecule has 1 unspecified atom stereocenters. The van der Waals surface area contributed by atoms with Crippen molar-refractivity contribution in [3.63, 3.8) is 0 Å². The predicted molar refractivity (Wildman–Crippen MR) is 86.7 cm³/mol. The summed E-state index contributed by atoms with van der Waals surface area (Å²) in [5.74, 6) is 0.998. The average molecular weight is 351 g/mol. The molecule has 0 aliphatic carbocycles. The third-order valence-corrected chi connectivity index (χ3v) is 6.96. The van der Waals surface area contributed by atoms with Gasteiger partial charge in [-0.25, -0.2) is 8.42 Å². The van der Waals surface area contributed by atoms with Gasteiger partial charge < -0.3 is 4.74 Å². The fraction of sp³-hybridized carbons (Fsp3) is 0.600. The normalized spacial score (nSPS) is 21.5. The molecule has 118 valence electrons. The Bertz CT molecular complexity index is 541. The first kappa shape index (κ1) is 17.1. The van der Waals surface area contributed by atoms with Gasteiger partial charge in [-0.15, -0.1) is 23.2 Å². The van der Waals surface area contributed by atoms with Crippen molar-refractivity contribution in [1.29, 1.82) is 0 Å². The second kappa shape index (κ2) is 7.32. The van der Waals surface area contributed by atoms with Crippen LogP contribution in [0.3, 0.4) is 0 Å². The van der Waals surface area contributed by atoms with Crippen LogP contribution in [0.5, 0.6) is 0 Å². The fourth-order valence-corrected chi connectivity index (χ4v) is 5.49. The minimum Gasteiger partial charge on any atom is -0.376 e. The highest BCUT2D eigenvalue weighted by molar-refractivity contribution is 7.91. The summed E-state index contributed by atoms with van der Waals surface area (Å²) in [6.45, 7) is 0.866. The van der Waals surface area contributed by atoms with Gasteiger partial charge in [0.2, 0.25) is 0 Å². The molecule has 0 radical (unpaired) electrons. The number of hydrogen-bond donors (Lipinski definition) is 0. The van der Waals surface area contributed by atoms with Gasteiger partial charge in [0.25, 0.3) is 0 Å². The van der Waals surface area contributed by atoms with E-state index < -0.39 is 15.3 Å². The molecule has 2 rings (SSSR count). The monoisotopic (exact) mass is 350 g/mol. The number of halogens is 2. The molecule has 6 heteroatoms. The van der Waals surface area contributed by atoms with Crippen molar-refractivity contribution in [2.24, 2.45) is 11.3 Å². The summed E-state index contributed by atoms with van der Waals surface area (Å²) >= 11 is 12.2. The zero-order valence-corrected chi connectivity index (χ0v) is 14.1. The molecule has 1 aliphatic rings. The van der Waals surface area contributed by atoms with Gasteiger partial charge in [0.15, 0.2) is 9.84 Å². The van der Waals surface area contributed by atoms with E-state index in [1.54, 1.807) is 0 Å². The Hall–Kier alpha value is -0.290. The third-order valence-electron chi connectivity index (χ3n) is 4.13. The highest BCUT2D eigenvalue weighted by Gasteiger charge is 2.44. The maximum Gasteiger partial charge on any atom is 0.150 e. The molecule has 0 saturated carbocycles. The van der Waals surface area contributed by atoms with Crippen LogP contribution in [0.1, 0.15) is 12.0 Å². The topological polar surface area (TPSA) is 43.4 Å². The number of alkyl halides is 2. The molecule has 1 atom stereocenters. The van der Waals surface area contributed by atoms with E-state index in [0.717, 1.165) is 5.56 Å². The van der Waals surface area contributed by atoms with Crippen LogP contribution in [0.25, 0.3) is 0 Å². The van der Waals surface area contributed by atoms with Gasteiger partial charge in [0.05, 0.1) is 24.7 Å². The molecule has 1 aromatic rings. The van der Waals surface area contributed by atoms with E-state index in [2.05, 4.69) is 0 Å². The van der Waals surface area contributed by atoms with Crippen molar-refractivity contribution < 1.29 is 13.2 Å². The standard InChI is InChI=1S/C15H20Cl2O3S/c16-10-15(11-17,14-6-7-21(18,19)9-14)12-20-8-13-4-2-1-3-5-13/h1-5,14H,6-12H2. The van der Waals surface area contributed by atoms with Crippen molar-refractivity contribution in [2.45, 2.75) is 13.0 Å². The number of ether oxygens (including phenoxy) is 1. The Morgan fingerprint density at radius 1 is 1.19 bits per heavy atom. The summed E-state index contributed by atoms with van der Waals surface area (Å²) in [5.41, 5.74) is 0.608. The van der Waals surface area contributed by atoms with Gasteiger partial charge in [-0.05, 0) is 17.9 Å². The van der Waals surface area contributed by atoms with E-state index in [0.29, 0.717) is 31.4 Å². The fourth-order valence-electron chi connectivity index (χ4n) is 2.67.